The SMILES string of the molecule is Cc1cccc(C(CC(=O)N[C@H]2CC[C@H](C(=O)NO)CC2)c2cn(CC3CCCCC3)c3ccccc23)c1. The van der Waals surface area contributed by atoms with E-state index in [-0.39, 0.29) is 29.7 Å². The molecule has 6 nitrogen and oxygen atoms in total. The van der Waals surface area contributed by atoms with E-state index in [0.717, 1.165) is 25.3 Å². The predicted molar refractivity (Wildman–Crippen MR) is 150 cm³/mol. The molecule has 38 heavy (non-hydrogen) atoms. The molecule has 3 aromatic rings. The predicted octanol–water partition coefficient (Wildman–Crippen LogP) is 6.23. The Labute approximate surface area is 225 Å². The van der Waals surface area contributed by atoms with Gasteiger partial charge in [0.25, 0.3) is 0 Å². The van der Waals surface area contributed by atoms with E-state index in [4.69, 9.17) is 5.21 Å². The first-order valence-corrected chi connectivity index (χ1v) is 14.4. The summed E-state index contributed by atoms with van der Waals surface area (Å²) in [6, 6.07) is 17.3. The highest BCUT2D eigenvalue weighted by Gasteiger charge is 2.29. The zero-order chi connectivity index (χ0) is 26.5. The largest absolute Gasteiger partial charge is 0.353 e. The first-order valence-electron chi connectivity index (χ1n) is 14.4. The molecule has 0 saturated heterocycles. The molecule has 3 N–H and O–H groups in total. The quantitative estimate of drug-likeness (QED) is 0.246. The first-order chi connectivity index (χ1) is 18.5. The lowest BCUT2D eigenvalue weighted by atomic mass is 9.84. The minimum atomic E-state index is -0.320. The number of aromatic nitrogens is 1. The second-order valence-electron chi connectivity index (χ2n) is 11.5. The fourth-order valence-electron chi connectivity index (χ4n) is 6.71. The molecule has 2 amide bonds. The zero-order valence-electron chi connectivity index (χ0n) is 22.5. The van der Waals surface area contributed by atoms with Crippen LogP contribution in [0.1, 0.15) is 86.8 Å². The Hall–Kier alpha value is -3.12. The number of carbonyl (C=O) groups excluding carboxylic acids is 2. The van der Waals surface area contributed by atoms with Crippen LogP contribution in [-0.4, -0.2) is 27.6 Å². The number of fused-ring (bicyclic) bond motifs is 1. The molecular formula is C32H41N3O3. The number of amides is 2. The van der Waals surface area contributed by atoms with Crippen molar-refractivity contribution in [1.82, 2.24) is 15.4 Å². The third kappa shape index (κ3) is 6.12. The smallest absolute Gasteiger partial charge is 0.246 e. The van der Waals surface area contributed by atoms with Gasteiger partial charge in [0, 0.05) is 47.9 Å². The molecule has 2 aromatic carbocycles. The summed E-state index contributed by atoms with van der Waals surface area (Å²) in [5, 5.41) is 13.4. The van der Waals surface area contributed by atoms with Crippen molar-refractivity contribution in [2.75, 3.05) is 0 Å². The molecule has 202 valence electrons. The van der Waals surface area contributed by atoms with Crippen molar-refractivity contribution in [3.63, 3.8) is 0 Å². The first kappa shape index (κ1) is 26.5. The molecule has 1 unspecified atom stereocenters. The second-order valence-corrected chi connectivity index (χ2v) is 11.5. The monoisotopic (exact) mass is 515 g/mol. The second kappa shape index (κ2) is 12.2. The van der Waals surface area contributed by atoms with Crippen LogP contribution in [-0.2, 0) is 16.1 Å². The van der Waals surface area contributed by atoms with E-state index in [9.17, 15) is 9.59 Å². The Balaban J connectivity index is 1.39. The lowest BCUT2D eigenvalue weighted by molar-refractivity contribution is -0.134. The topological polar surface area (TPSA) is 83.4 Å². The van der Waals surface area contributed by atoms with Crippen LogP contribution >= 0.6 is 0 Å². The number of benzene rings is 2. The normalized spacial score (nSPS) is 21.2. The molecule has 1 atom stereocenters. The Morgan fingerprint density at radius 3 is 2.47 bits per heavy atom. The summed E-state index contributed by atoms with van der Waals surface area (Å²) in [5.74, 6) is 0.234. The van der Waals surface area contributed by atoms with Gasteiger partial charge in [-0.3, -0.25) is 14.8 Å². The van der Waals surface area contributed by atoms with Gasteiger partial charge in [0.15, 0.2) is 0 Å². The highest BCUT2D eigenvalue weighted by atomic mass is 16.5. The molecule has 2 fully saturated rings. The van der Waals surface area contributed by atoms with Gasteiger partial charge in [0.05, 0.1) is 0 Å². The third-order valence-corrected chi connectivity index (χ3v) is 8.78. The summed E-state index contributed by atoms with van der Waals surface area (Å²) in [5.41, 5.74) is 6.61. The van der Waals surface area contributed by atoms with Gasteiger partial charge in [0.1, 0.15) is 0 Å². The van der Waals surface area contributed by atoms with Gasteiger partial charge in [-0.15, -0.1) is 0 Å². The zero-order valence-corrected chi connectivity index (χ0v) is 22.5. The molecule has 5 rings (SSSR count). The van der Waals surface area contributed by atoms with E-state index in [1.165, 1.54) is 59.7 Å². The summed E-state index contributed by atoms with van der Waals surface area (Å²) < 4.78 is 2.44. The highest BCUT2D eigenvalue weighted by Crippen LogP contribution is 2.37. The third-order valence-electron chi connectivity index (χ3n) is 8.78. The minimum Gasteiger partial charge on any atom is -0.353 e. The fourth-order valence-corrected chi connectivity index (χ4v) is 6.71. The maximum absolute atomic E-state index is 13.4. The van der Waals surface area contributed by atoms with Crippen LogP contribution in [0.15, 0.2) is 54.7 Å². The summed E-state index contributed by atoms with van der Waals surface area (Å²) in [6.07, 6.45) is 12.2. The van der Waals surface area contributed by atoms with Crippen LogP contribution in [0, 0.1) is 18.8 Å². The van der Waals surface area contributed by atoms with Crippen molar-refractivity contribution in [3.05, 3.63) is 71.4 Å². The van der Waals surface area contributed by atoms with Crippen molar-refractivity contribution in [2.45, 2.75) is 89.6 Å². The lowest BCUT2D eigenvalue weighted by Gasteiger charge is -2.28. The van der Waals surface area contributed by atoms with Crippen molar-refractivity contribution < 1.29 is 14.8 Å². The van der Waals surface area contributed by atoms with Crippen LogP contribution in [0.25, 0.3) is 10.9 Å². The Bertz CT molecular complexity index is 1250. The van der Waals surface area contributed by atoms with Gasteiger partial charge in [-0.05, 0) is 68.6 Å². The van der Waals surface area contributed by atoms with Gasteiger partial charge in [-0.25, -0.2) is 5.48 Å². The van der Waals surface area contributed by atoms with E-state index in [1.807, 2.05) is 0 Å². The van der Waals surface area contributed by atoms with E-state index in [1.54, 1.807) is 5.48 Å². The molecule has 0 bridgehead atoms. The number of aryl methyl sites for hydroxylation is 1. The van der Waals surface area contributed by atoms with Crippen molar-refractivity contribution >= 4 is 22.7 Å². The molecule has 6 heteroatoms. The molecule has 0 radical (unpaired) electrons. The van der Waals surface area contributed by atoms with Crippen LogP contribution < -0.4 is 10.8 Å². The van der Waals surface area contributed by atoms with Gasteiger partial charge in [-0.1, -0.05) is 67.3 Å². The number of nitrogens with one attached hydrogen (secondary N) is 2. The van der Waals surface area contributed by atoms with Gasteiger partial charge in [-0.2, -0.15) is 0 Å². The molecule has 1 heterocycles. The number of rotatable bonds is 8. The van der Waals surface area contributed by atoms with Crippen LogP contribution in [0.5, 0.6) is 0 Å². The molecule has 2 aliphatic rings. The number of carbonyl (C=O) groups is 2. The van der Waals surface area contributed by atoms with Crippen molar-refractivity contribution in [2.24, 2.45) is 11.8 Å². The maximum atomic E-state index is 13.4. The van der Waals surface area contributed by atoms with Crippen molar-refractivity contribution in [3.8, 4) is 0 Å². The van der Waals surface area contributed by atoms with E-state index >= 15 is 0 Å². The highest BCUT2D eigenvalue weighted by molar-refractivity contribution is 5.87. The van der Waals surface area contributed by atoms with Crippen LogP contribution in [0.2, 0.25) is 0 Å². The minimum absolute atomic E-state index is 0.0380. The molecule has 2 aliphatic carbocycles. The van der Waals surface area contributed by atoms with E-state index in [0.29, 0.717) is 19.3 Å². The summed E-state index contributed by atoms with van der Waals surface area (Å²) >= 11 is 0. The van der Waals surface area contributed by atoms with Crippen LogP contribution in [0.4, 0.5) is 0 Å². The average molecular weight is 516 g/mol. The lowest BCUT2D eigenvalue weighted by Crippen LogP contribution is -2.40. The standard InChI is InChI=1S/C32H41N3O3/c1-22-8-7-11-25(18-22)28(19-31(36)33-26-16-14-24(15-17-26)32(37)34-38)29-21-35(20-23-9-3-2-4-10-23)30-13-6-5-12-27(29)30/h5-8,11-13,18,21,23-24,26,28,38H,2-4,9-10,14-17,19-20H2,1H3,(H,33,36)(H,34,37)/t24-,26-,28?. The number of hydrogen-bond acceptors (Lipinski definition) is 3. The summed E-state index contributed by atoms with van der Waals surface area (Å²) in [6.45, 7) is 3.14. The van der Waals surface area contributed by atoms with Crippen molar-refractivity contribution in [1.29, 1.82) is 0 Å². The van der Waals surface area contributed by atoms with Gasteiger partial charge >= 0.3 is 0 Å². The number of hydroxylamine groups is 1. The average Bonchev–Trinajstić information content (AvgIpc) is 3.30. The molecule has 1 aromatic heterocycles. The molecular weight excluding hydrogens is 474 g/mol. The molecule has 0 spiro atoms. The Kier molecular flexibility index (Phi) is 8.48. The summed E-state index contributed by atoms with van der Waals surface area (Å²) in [7, 11) is 0. The fraction of sp³-hybridized carbons (Fsp3) is 0.500. The Morgan fingerprint density at radius 1 is 0.974 bits per heavy atom. The van der Waals surface area contributed by atoms with E-state index < -0.39 is 0 Å². The Morgan fingerprint density at radius 2 is 1.74 bits per heavy atom. The van der Waals surface area contributed by atoms with Crippen LogP contribution in [0.3, 0.4) is 0 Å². The maximum Gasteiger partial charge on any atom is 0.246 e. The van der Waals surface area contributed by atoms with Gasteiger partial charge < -0.3 is 9.88 Å². The number of hydrogen-bond donors (Lipinski definition) is 3. The number of para-hydroxylation sites is 1. The van der Waals surface area contributed by atoms with Gasteiger partial charge in [0.2, 0.25) is 11.8 Å². The number of nitrogens with zero attached hydrogens (tertiary/aromatic N) is 1. The molecule has 0 aliphatic heterocycles. The van der Waals surface area contributed by atoms with E-state index in [2.05, 4.69) is 71.5 Å². The summed E-state index contributed by atoms with van der Waals surface area (Å²) in [4.78, 5) is 25.2. The molecule has 2 saturated carbocycles.